The molecule has 2 aromatic rings. The van der Waals surface area contributed by atoms with E-state index in [0.717, 1.165) is 34.9 Å². The second kappa shape index (κ2) is 5.60. The minimum atomic E-state index is -4.04. The van der Waals surface area contributed by atoms with Gasteiger partial charge in [-0.1, -0.05) is 0 Å². The number of benzene rings is 1. The van der Waals surface area contributed by atoms with Gasteiger partial charge >= 0.3 is 0 Å². The number of hydrogen-bond acceptors (Lipinski definition) is 5. The normalized spacial score (nSPS) is 22.7. The zero-order valence-corrected chi connectivity index (χ0v) is 13.3. The number of fused-ring (bicyclic) bond motifs is 2. The molecule has 6 nitrogen and oxygen atoms in total. The van der Waals surface area contributed by atoms with Crippen LogP contribution >= 0.6 is 0 Å². The first-order valence-electron chi connectivity index (χ1n) is 7.28. The summed E-state index contributed by atoms with van der Waals surface area (Å²) in [6.45, 7) is -0.280. The van der Waals surface area contributed by atoms with Crippen molar-refractivity contribution in [1.29, 1.82) is 0 Å². The Morgan fingerprint density at radius 2 is 1.56 bits per heavy atom. The molecule has 4 rings (SSSR count). The van der Waals surface area contributed by atoms with Crippen molar-refractivity contribution in [2.24, 2.45) is 0 Å². The lowest BCUT2D eigenvalue weighted by Crippen LogP contribution is -2.39. The van der Waals surface area contributed by atoms with E-state index in [-0.39, 0.29) is 29.5 Å². The fraction of sp³-hybridized carbons (Fsp3) is 0.267. The van der Waals surface area contributed by atoms with E-state index in [0.29, 0.717) is 0 Å². The van der Waals surface area contributed by atoms with Crippen molar-refractivity contribution in [3.63, 3.8) is 0 Å². The van der Waals surface area contributed by atoms with Gasteiger partial charge in [-0.05, 0) is 18.2 Å². The predicted octanol–water partition coefficient (Wildman–Crippen LogP) is 1.71. The summed E-state index contributed by atoms with van der Waals surface area (Å²) < 4.78 is 77.9. The van der Waals surface area contributed by atoms with Crippen molar-refractivity contribution in [1.82, 2.24) is 9.29 Å². The minimum absolute atomic E-state index is 0.140. The number of nitrogens with zero attached hydrogens (tertiary/aromatic N) is 2. The van der Waals surface area contributed by atoms with E-state index in [2.05, 4.69) is 4.98 Å². The molecule has 2 aliphatic rings. The first kappa shape index (κ1) is 16.2. The van der Waals surface area contributed by atoms with E-state index in [1.54, 1.807) is 0 Å². The van der Waals surface area contributed by atoms with Gasteiger partial charge in [0.1, 0.15) is 10.7 Å². The van der Waals surface area contributed by atoms with Crippen LogP contribution in [0.3, 0.4) is 0 Å². The molecule has 0 aliphatic carbocycles. The summed E-state index contributed by atoms with van der Waals surface area (Å²) in [6.07, 6.45) is 0.299. The molecular weight excluding hydrogens is 361 g/mol. The van der Waals surface area contributed by atoms with E-state index in [1.165, 1.54) is 0 Å². The highest BCUT2D eigenvalue weighted by Gasteiger charge is 2.46. The number of sulfonamides is 1. The molecule has 1 fully saturated rings. The summed E-state index contributed by atoms with van der Waals surface area (Å²) in [5.41, 5.74) is 0. The lowest BCUT2D eigenvalue weighted by Gasteiger charge is -2.28. The first-order valence-corrected chi connectivity index (χ1v) is 8.72. The van der Waals surface area contributed by atoms with Gasteiger partial charge in [0, 0.05) is 6.20 Å². The molecule has 0 bridgehead atoms. The number of hydrogen-bond donors (Lipinski definition) is 0. The van der Waals surface area contributed by atoms with Gasteiger partial charge in [-0.25, -0.2) is 21.6 Å². The average Bonchev–Trinajstić information content (AvgIpc) is 3.01. The van der Waals surface area contributed by atoms with Gasteiger partial charge in [-0.3, -0.25) is 4.98 Å². The number of halogens is 3. The van der Waals surface area contributed by atoms with Crippen LogP contribution in [0.4, 0.5) is 13.2 Å². The second-order valence-electron chi connectivity index (χ2n) is 5.66. The molecule has 1 saturated heterocycles. The van der Waals surface area contributed by atoms with Crippen LogP contribution < -0.4 is 9.47 Å². The van der Waals surface area contributed by atoms with Crippen molar-refractivity contribution in [3.8, 4) is 11.5 Å². The topological polar surface area (TPSA) is 68.7 Å². The molecule has 3 heterocycles. The van der Waals surface area contributed by atoms with E-state index in [9.17, 15) is 21.6 Å². The number of pyridine rings is 1. The van der Waals surface area contributed by atoms with E-state index in [4.69, 9.17) is 9.47 Å². The second-order valence-corrected chi connectivity index (χ2v) is 7.60. The van der Waals surface area contributed by atoms with Crippen LogP contribution in [0.25, 0.3) is 0 Å². The van der Waals surface area contributed by atoms with Crippen LogP contribution in [-0.2, 0) is 10.0 Å². The third-order valence-electron chi connectivity index (χ3n) is 4.05. The maximum Gasteiger partial charge on any atom is 0.244 e. The molecule has 132 valence electrons. The molecule has 25 heavy (non-hydrogen) atoms. The Morgan fingerprint density at radius 1 is 1.00 bits per heavy atom. The minimum Gasteiger partial charge on any atom is -0.478 e. The largest absolute Gasteiger partial charge is 0.478 e. The van der Waals surface area contributed by atoms with Crippen LogP contribution in [0.15, 0.2) is 35.5 Å². The van der Waals surface area contributed by atoms with Crippen molar-refractivity contribution in [2.75, 3.05) is 13.1 Å². The molecular formula is C15H11F3N2O4S. The molecule has 10 heteroatoms. The Balaban J connectivity index is 1.63. The zero-order chi connectivity index (χ0) is 17.8. The first-order chi connectivity index (χ1) is 11.9. The lowest BCUT2D eigenvalue weighted by atomic mass is 10.2. The van der Waals surface area contributed by atoms with E-state index >= 15 is 0 Å². The van der Waals surface area contributed by atoms with Gasteiger partial charge in [-0.2, -0.15) is 4.31 Å². The summed E-state index contributed by atoms with van der Waals surface area (Å²) >= 11 is 0. The van der Waals surface area contributed by atoms with E-state index < -0.39 is 39.7 Å². The third-order valence-corrected chi connectivity index (χ3v) is 5.85. The number of aromatic nitrogens is 1. The molecule has 0 saturated carbocycles. The molecule has 1 aromatic heterocycles. The van der Waals surface area contributed by atoms with Crippen LogP contribution in [0, 0.1) is 17.5 Å². The maximum absolute atomic E-state index is 13.8. The van der Waals surface area contributed by atoms with Crippen LogP contribution in [0.5, 0.6) is 11.5 Å². The monoisotopic (exact) mass is 372 g/mol. The summed E-state index contributed by atoms with van der Waals surface area (Å²) in [7, 11) is -4.04. The Hall–Kier alpha value is -2.33. The highest BCUT2D eigenvalue weighted by atomic mass is 32.2. The summed E-state index contributed by atoms with van der Waals surface area (Å²) in [5.74, 6) is -3.15. The Kier molecular flexibility index (Phi) is 3.62. The summed E-state index contributed by atoms with van der Waals surface area (Å²) in [5, 5.41) is 0. The average molecular weight is 372 g/mol. The highest BCUT2D eigenvalue weighted by molar-refractivity contribution is 7.89. The van der Waals surface area contributed by atoms with Gasteiger partial charge in [0.2, 0.25) is 21.5 Å². The van der Waals surface area contributed by atoms with Crippen molar-refractivity contribution in [3.05, 3.63) is 48.0 Å². The highest BCUT2D eigenvalue weighted by Crippen LogP contribution is 2.41. The zero-order valence-electron chi connectivity index (χ0n) is 12.5. The molecule has 0 amide bonds. The Labute approximate surface area is 140 Å². The van der Waals surface area contributed by atoms with Crippen molar-refractivity contribution >= 4 is 10.0 Å². The molecule has 1 aromatic carbocycles. The van der Waals surface area contributed by atoms with Gasteiger partial charge in [-0.15, -0.1) is 0 Å². The fourth-order valence-corrected chi connectivity index (χ4v) is 4.29. The van der Waals surface area contributed by atoms with Crippen molar-refractivity contribution in [2.45, 2.75) is 17.1 Å². The molecule has 2 aliphatic heterocycles. The smallest absolute Gasteiger partial charge is 0.244 e. The quantitative estimate of drug-likeness (QED) is 0.803. The third kappa shape index (κ3) is 2.61. The molecule has 0 spiro atoms. The predicted molar refractivity (Wildman–Crippen MR) is 78.1 cm³/mol. The summed E-state index contributed by atoms with van der Waals surface area (Å²) in [4.78, 5) is 3.21. The Bertz CT molecular complexity index is 915. The van der Waals surface area contributed by atoms with Gasteiger partial charge in [0.15, 0.2) is 23.8 Å². The van der Waals surface area contributed by atoms with Crippen LogP contribution in [-0.4, -0.2) is 43.0 Å². The molecule has 0 unspecified atom stereocenters. The SMILES string of the molecule is O=S(=O)(c1cncc(F)c1)N1C[C@@H]2Oc3c(F)ccc(F)c3O[C@@H]2C1. The lowest BCUT2D eigenvalue weighted by molar-refractivity contribution is 0.0467. The van der Waals surface area contributed by atoms with Gasteiger partial charge in [0.05, 0.1) is 19.3 Å². The number of ether oxygens (including phenoxy) is 2. The Morgan fingerprint density at radius 3 is 2.08 bits per heavy atom. The van der Waals surface area contributed by atoms with Crippen LogP contribution in [0.1, 0.15) is 0 Å². The van der Waals surface area contributed by atoms with Gasteiger partial charge in [0.25, 0.3) is 0 Å². The van der Waals surface area contributed by atoms with Gasteiger partial charge < -0.3 is 9.47 Å². The van der Waals surface area contributed by atoms with Crippen molar-refractivity contribution < 1.29 is 31.1 Å². The molecule has 0 radical (unpaired) electrons. The standard InChI is InChI=1S/C15H11F3N2O4S/c16-8-3-9(5-19-4-8)25(21,22)20-6-12-13(7-20)24-15-11(18)2-1-10(17)14(15)23-12/h1-5,12-13H,6-7H2/t12-,13+. The summed E-state index contributed by atoms with van der Waals surface area (Å²) in [6, 6.07) is 2.65. The van der Waals surface area contributed by atoms with E-state index in [1.807, 2.05) is 0 Å². The molecule has 2 atom stereocenters. The molecule has 0 N–H and O–H groups in total. The fourth-order valence-electron chi connectivity index (χ4n) is 2.85. The number of rotatable bonds is 2. The maximum atomic E-state index is 13.8. The van der Waals surface area contributed by atoms with Crippen LogP contribution in [0.2, 0.25) is 0 Å².